The van der Waals surface area contributed by atoms with Crippen molar-refractivity contribution in [3.8, 4) is 0 Å². The summed E-state index contributed by atoms with van der Waals surface area (Å²) in [7, 11) is 1.37. The van der Waals surface area contributed by atoms with Gasteiger partial charge in [0.25, 0.3) is 0 Å². The van der Waals surface area contributed by atoms with Crippen LogP contribution < -0.4 is 4.72 Å². The number of methoxy groups -OCH3 is 1. The SMILES string of the molecule is COC(=O)[C@H]1CC(NSC)CN(C(=O)OCc2ccccc2)C1. The molecule has 1 fully saturated rings. The van der Waals surface area contributed by atoms with Crippen molar-refractivity contribution in [2.24, 2.45) is 5.92 Å². The highest BCUT2D eigenvalue weighted by Crippen LogP contribution is 2.20. The summed E-state index contributed by atoms with van der Waals surface area (Å²) in [5.74, 6) is -0.624. The van der Waals surface area contributed by atoms with Crippen LogP contribution in [-0.4, -0.2) is 49.5 Å². The van der Waals surface area contributed by atoms with Crippen molar-refractivity contribution in [2.75, 3.05) is 26.5 Å². The Morgan fingerprint density at radius 1 is 1.30 bits per heavy atom. The summed E-state index contributed by atoms with van der Waals surface area (Å²) in [6.45, 7) is 1.06. The van der Waals surface area contributed by atoms with Crippen LogP contribution in [0.4, 0.5) is 4.79 Å². The lowest BCUT2D eigenvalue weighted by Crippen LogP contribution is -2.51. The van der Waals surface area contributed by atoms with Crippen LogP contribution in [0.2, 0.25) is 0 Å². The van der Waals surface area contributed by atoms with E-state index in [9.17, 15) is 9.59 Å². The van der Waals surface area contributed by atoms with Gasteiger partial charge in [0, 0.05) is 19.1 Å². The van der Waals surface area contributed by atoms with E-state index in [-0.39, 0.29) is 24.5 Å². The fourth-order valence-corrected chi connectivity index (χ4v) is 3.15. The first-order valence-electron chi connectivity index (χ1n) is 7.46. The Morgan fingerprint density at radius 2 is 2.04 bits per heavy atom. The monoisotopic (exact) mass is 338 g/mol. The number of likely N-dealkylation sites (tertiary alicyclic amines) is 1. The van der Waals surface area contributed by atoms with Crippen molar-refractivity contribution in [2.45, 2.75) is 19.1 Å². The summed E-state index contributed by atoms with van der Waals surface area (Å²) < 4.78 is 13.4. The summed E-state index contributed by atoms with van der Waals surface area (Å²) in [6, 6.07) is 9.55. The molecule has 0 spiro atoms. The van der Waals surface area contributed by atoms with Gasteiger partial charge in [0.05, 0.1) is 13.0 Å². The van der Waals surface area contributed by atoms with Gasteiger partial charge >= 0.3 is 12.1 Å². The molecule has 1 aromatic rings. The molecule has 1 N–H and O–H groups in total. The van der Waals surface area contributed by atoms with E-state index >= 15 is 0 Å². The average molecular weight is 338 g/mol. The number of nitrogens with zero attached hydrogens (tertiary/aromatic N) is 1. The Balaban J connectivity index is 1.95. The molecule has 0 aliphatic carbocycles. The molecule has 1 heterocycles. The zero-order valence-corrected chi connectivity index (χ0v) is 14.2. The quantitative estimate of drug-likeness (QED) is 0.655. The highest BCUT2D eigenvalue weighted by molar-refractivity contribution is 7.96. The summed E-state index contributed by atoms with van der Waals surface area (Å²) in [5.41, 5.74) is 0.932. The third kappa shape index (κ3) is 5.14. The van der Waals surface area contributed by atoms with Gasteiger partial charge in [-0.15, -0.1) is 0 Å². The number of piperidine rings is 1. The molecule has 7 heteroatoms. The highest BCUT2D eigenvalue weighted by Gasteiger charge is 2.35. The van der Waals surface area contributed by atoms with Gasteiger partial charge in [0.1, 0.15) is 6.61 Å². The molecule has 1 aromatic carbocycles. The van der Waals surface area contributed by atoms with Crippen LogP contribution in [0.1, 0.15) is 12.0 Å². The predicted octanol–water partition coefficient (Wildman–Crippen LogP) is 2.05. The molecule has 6 nitrogen and oxygen atoms in total. The molecule has 23 heavy (non-hydrogen) atoms. The van der Waals surface area contributed by atoms with E-state index in [1.807, 2.05) is 36.6 Å². The van der Waals surface area contributed by atoms with Crippen LogP contribution in [0.3, 0.4) is 0 Å². The molecule has 1 aliphatic heterocycles. The fraction of sp³-hybridized carbons (Fsp3) is 0.500. The largest absolute Gasteiger partial charge is 0.469 e. The second-order valence-electron chi connectivity index (χ2n) is 5.42. The lowest BCUT2D eigenvalue weighted by Gasteiger charge is -2.35. The zero-order valence-electron chi connectivity index (χ0n) is 13.4. The normalized spacial score (nSPS) is 20.9. The maximum absolute atomic E-state index is 12.3. The van der Waals surface area contributed by atoms with E-state index in [0.717, 1.165) is 5.56 Å². The number of carbonyl (C=O) groups is 2. The molecule has 2 rings (SSSR count). The molecule has 1 unspecified atom stereocenters. The lowest BCUT2D eigenvalue weighted by atomic mass is 9.95. The molecule has 0 bridgehead atoms. The van der Waals surface area contributed by atoms with Crippen LogP contribution in [0.25, 0.3) is 0 Å². The van der Waals surface area contributed by atoms with E-state index in [1.54, 1.807) is 4.90 Å². The topological polar surface area (TPSA) is 67.9 Å². The molecular formula is C16H22N2O4S. The van der Waals surface area contributed by atoms with Gasteiger partial charge in [-0.05, 0) is 18.2 Å². The molecule has 0 saturated carbocycles. The fourth-order valence-electron chi connectivity index (χ4n) is 2.65. The van der Waals surface area contributed by atoms with Crippen molar-refractivity contribution >= 4 is 24.0 Å². The molecular weight excluding hydrogens is 316 g/mol. The first-order chi connectivity index (χ1) is 11.1. The summed E-state index contributed by atoms with van der Waals surface area (Å²) >= 11 is 1.47. The van der Waals surface area contributed by atoms with E-state index in [4.69, 9.17) is 9.47 Å². The maximum Gasteiger partial charge on any atom is 0.410 e. The number of amides is 1. The minimum absolute atomic E-state index is 0.0344. The third-order valence-corrected chi connectivity index (χ3v) is 4.30. The number of hydrogen-bond donors (Lipinski definition) is 1. The minimum Gasteiger partial charge on any atom is -0.469 e. The number of esters is 1. The number of benzene rings is 1. The number of rotatable bonds is 5. The molecule has 0 aromatic heterocycles. The third-order valence-electron chi connectivity index (χ3n) is 3.73. The van der Waals surface area contributed by atoms with Crippen LogP contribution >= 0.6 is 11.9 Å². The smallest absolute Gasteiger partial charge is 0.410 e. The van der Waals surface area contributed by atoms with Crippen molar-refractivity contribution in [1.82, 2.24) is 9.62 Å². The van der Waals surface area contributed by atoms with Crippen molar-refractivity contribution in [1.29, 1.82) is 0 Å². The van der Waals surface area contributed by atoms with Crippen LogP contribution in [0, 0.1) is 5.92 Å². The summed E-state index contributed by atoms with van der Waals surface area (Å²) in [6.07, 6.45) is 2.16. The van der Waals surface area contributed by atoms with Crippen LogP contribution in [-0.2, 0) is 20.9 Å². The van der Waals surface area contributed by atoms with Crippen LogP contribution in [0.5, 0.6) is 0 Å². The van der Waals surface area contributed by atoms with Crippen molar-refractivity contribution in [3.63, 3.8) is 0 Å². The number of hydrogen-bond acceptors (Lipinski definition) is 6. The van der Waals surface area contributed by atoms with E-state index in [1.165, 1.54) is 19.1 Å². The molecule has 0 radical (unpaired) electrons. The second-order valence-corrected chi connectivity index (χ2v) is 6.06. The van der Waals surface area contributed by atoms with E-state index in [2.05, 4.69) is 4.72 Å². The van der Waals surface area contributed by atoms with Gasteiger partial charge in [0.15, 0.2) is 0 Å². The van der Waals surface area contributed by atoms with E-state index < -0.39 is 6.09 Å². The molecule has 2 atom stereocenters. The summed E-state index contributed by atoms with van der Waals surface area (Å²) in [5, 5.41) is 0. The summed E-state index contributed by atoms with van der Waals surface area (Å²) in [4.78, 5) is 25.7. The lowest BCUT2D eigenvalue weighted by molar-refractivity contribution is -0.147. The maximum atomic E-state index is 12.3. The van der Waals surface area contributed by atoms with E-state index in [0.29, 0.717) is 19.5 Å². The second kappa shape index (κ2) is 8.79. The Morgan fingerprint density at radius 3 is 2.70 bits per heavy atom. The van der Waals surface area contributed by atoms with Crippen molar-refractivity contribution < 1.29 is 19.1 Å². The molecule has 1 aliphatic rings. The Labute approximate surface area is 140 Å². The molecule has 1 amide bonds. The van der Waals surface area contributed by atoms with Gasteiger partial charge in [-0.1, -0.05) is 42.3 Å². The highest BCUT2D eigenvalue weighted by atomic mass is 32.2. The molecule has 1 saturated heterocycles. The van der Waals surface area contributed by atoms with Gasteiger partial charge in [-0.3, -0.25) is 9.52 Å². The van der Waals surface area contributed by atoms with Gasteiger partial charge < -0.3 is 14.4 Å². The van der Waals surface area contributed by atoms with Crippen molar-refractivity contribution in [3.05, 3.63) is 35.9 Å². The predicted molar refractivity (Wildman–Crippen MR) is 88.8 cm³/mol. The van der Waals surface area contributed by atoms with Crippen LogP contribution in [0.15, 0.2) is 30.3 Å². The Kier molecular flexibility index (Phi) is 6.73. The standard InChI is InChI=1S/C16H22N2O4S/c1-21-15(19)13-8-14(17-23-2)10-18(9-13)16(20)22-11-12-6-4-3-5-7-12/h3-7,13-14,17H,8-11H2,1-2H3/t13-,14?/m0/s1. The minimum atomic E-state index is -0.407. The first kappa shape index (κ1) is 17.6. The Bertz CT molecular complexity index is 526. The van der Waals surface area contributed by atoms with Gasteiger partial charge in [-0.25, -0.2) is 4.79 Å². The first-order valence-corrected chi connectivity index (χ1v) is 8.68. The average Bonchev–Trinajstić information content (AvgIpc) is 2.59. The molecule has 126 valence electrons. The Hall–Kier alpha value is -1.73. The number of nitrogens with one attached hydrogen (secondary N) is 1. The number of carbonyl (C=O) groups excluding carboxylic acids is 2. The zero-order chi connectivity index (χ0) is 16.7. The van der Waals surface area contributed by atoms with Gasteiger partial charge in [0.2, 0.25) is 0 Å². The van der Waals surface area contributed by atoms with Gasteiger partial charge in [-0.2, -0.15) is 0 Å². The number of ether oxygens (including phenoxy) is 2.